The predicted octanol–water partition coefficient (Wildman–Crippen LogP) is 2.20. The Balaban J connectivity index is 2.38. The Hall–Kier alpha value is -1.68. The third kappa shape index (κ3) is 1.65. The van der Waals surface area contributed by atoms with Gasteiger partial charge in [-0.2, -0.15) is 0 Å². The largest absolute Gasteiger partial charge is 0.375 e. The van der Waals surface area contributed by atoms with Crippen molar-refractivity contribution in [3.8, 4) is 10.4 Å². The van der Waals surface area contributed by atoms with Crippen LogP contribution in [0.1, 0.15) is 10.4 Å². The lowest BCUT2D eigenvalue weighted by atomic mass is 10.1. The summed E-state index contributed by atoms with van der Waals surface area (Å²) in [6.07, 6.45) is 2.56. The molecule has 14 heavy (non-hydrogen) atoms. The first-order valence-corrected chi connectivity index (χ1v) is 4.88. The molecule has 2 N–H and O–H groups in total. The van der Waals surface area contributed by atoms with Gasteiger partial charge in [-0.05, 0) is 5.56 Å². The summed E-state index contributed by atoms with van der Waals surface area (Å²) in [5, 5.41) is 0.555. The Morgan fingerprint density at radius 2 is 2.00 bits per heavy atom. The van der Waals surface area contributed by atoms with E-state index in [4.69, 9.17) is 5.73 Å². The molecule has 0 aliphatic carbocycles. The highest BCUT2D eigenvalue weighted by atomic mass is 32.1. The van der Waals surface area contributed by atoms with Crippen LogP contribution in [-0.4, -0.2) is 11.3 Å². The molecule has 0 aliphatic rings. The van der Waals surface area contributed by atoms with Crippen LogP contribution in [0.2, 0.25) is 0 Å². The Labute approximate surface area is 85.2 Å². The molecular formula is C10H8N2OS. The van der Waals surface area contributed by atoms with Gasteiger partial charge in [0.25, 0.3) is 0 Å². The van der Waals surface area contributed by atoms with E-state index in [1.807, 2.05) is 12.1 Å². The fraction of sp³-hybridized carbons (Fsp3) is 0. The lowest BCUT2D eigenvalue weighted by Gasteiger charge is -1.95. The second-order valence-electron chi connectivity index (χ2n) is 2.80. The molecule has 0 aliphatic heterocycles. The summed E-state index contributed by atoms with van der Waals surface area (Å²) >= 11 is 1.43. The molecule has 0 spiro atoms. The highest BCUT2D eigenvalue weighted by molar-refractivity contribution is 7.18. The van der Waals surface area contributed by atoms with Crippen LogP contribution in [0.5, 0.6) is 0 Å². The number of aromatic nitrogens is 1. The predicted molar refractivity (Wildman–Crippen MR) is 57.3 cm³/mol. The first-order valence-electron chi connectivity index (χ1n) is 4.06. The van der Waals surface area contributed by atoms with Crippen molar-refractivity contribution >= 4 is 22.8 Å². The summed E-state index contributed by atoms with van der Waals surface area (Å²) < 4.78 is 0. The molecule has 70 valence electrons. The third-order valence-electron chi connectivity index (χ3n) is 1.85. The summed E-state index contributed by atoms with van der Waals surface area (Å²) in [6, 6.07) is 7.32. The van der Waals surface area contributed by atoms with Gasteiger partial charge in [0, 0.05) is 11.8 Å². The van der Waals surface area contributed by atoms with Crippen molar-refractivity contribution in [2.24, 2.45) is 0 Å². The molecule has 2 rings (SSSR count). The molecule has 0 bridgehead atoms. The van der Waals surface area contributed by atoms with Gasteiger partial charge in [0.1, 0.15) is 6.29 Å². The number of benzene rings is 1. The number of nitrogens with zero attached hydrogens (tertiary/aromatic N) is 1. The summed E-state index contributed by atoms with van der Waals surface area (Å²) in [6.45, 7) is 0. The van der Waals surface area contributed by atoms with Gasteiger partial charge >= 0.3 is 0 Å². The van der Waals surface area contributed by atoms with Gasteiger partial charge in [-0.15, -0.1) is 0 Å². The van der Waals surface area contributed by atoms with Crippen LogP contribution in [0, 0.1) is 0 Å². The molecule has 2 aromatic rings. The molecule has 1 heterocycles. The van der Waals surface area contributed by atoms with Crippen molar-refractivity contribution in [2.45, 2.75) is 0 Å². The molecular weight excluding hydrogens is 196 g/mol. The van der Waals surface area contributed by atoms with E-state index in [0.29, 0.717) is 10.7 Å². The topological polar surface area (TPSA) is 56.0 Å². The van der Waals surface area contributed by atoms with Crippen molar-refractivity contribution in [2.75, 3.05) is 5.73 Å². The highest BCUT2D eigenvalue weighted by Gasteiger charge is 2.01. The maximum absolute atomic E-state index is 10.4. The van der Waals surface area contributed by atoms with Crippen molar-refractivity contribution in [3.05, 3.63) is 36.0 Å². The second kappa shape index (κ2) is 3.59. The number of aldehydes is 1. The van der Waals surface area contributed by atoms with Gasteiger partial charge in [0.15, 0.2) is 5.13 Å². The van der Waals surface area contributed by atoms with Gasteiger partial charge in [-0.3, -0.25) is 4.79 Å². The zero-order valence-electron chi connectivity index (χ0n) is 7.31. The number of anilines is 1. The maximum Gasteiger partial charge on any atom is 0.180 e. The number of hydrogen-bond donors (Lipinski definition) is 1. The number of thiazole rings is 1. The Morgan fingerprint density at radius 1 is 1.29 bits per heavy atom. The molecule has 1 aromatic heterocycles. The molecule has 1 aromatic carbocycles. The average molecular weight is 204 g/mol. The van der Waals surface area contributed by atoms with Gasteiger partial charge < -0.3 is 5.73 Å². The standard InChI is InChI=1S/C10H8N2OS/c11-10-12-5-9(14-10)8-3-1-7(6-13)2-4-8/h1-6H,(H2,11,12). The maximum atomic E-state index is 10.4. The van der Waals surface area contributed by atoms with Crippen LogP contribution in [0.4, 0.5) is 5.13 Å². The van der Waals surface area contributed by atoms with E-state index in [-0.39, 0.29) is 0 Å². The SMILES string of the molecule is Nc1ncc(-c2ccc(C=O)cc2)s1. The van der Waals surface area contributed by atoms with E-state index in [1.54, 1.807) is 18.3 Å². The number of nitrogen functional groups attached to an aromatic ring is 1. The lowest BCUT2D eigenvalue weighted by molar-refractivity contribution is 0.112. The summed E-state index contributed by atoms with van der Waals surface area (Å²) in [7, 11) is 0. The molecule has 0 saturated heterocycles. The smallest absolute Gasteiger partial charge is 0.180 e. The molecule has 3 nitrogen and oxygen atoms in total. The van der Waals surface area contributed by atoms with Crippen molar-refractivity contribution in [3.63, 3.8) is 0 Å². The van der Waals surface area contributed by atoms with Gasteiger partial charge in [-0.25, -0.2) is 4.98 Å². The minimum absolute atomic E-state index is 0.555. The Bertz CT molecular complexity index is 447. The third-order valence-corrected chi connectivity index (χ3v) is 2.73. The van der Waals surface area contributed by atoms with E-state index >= 15 is 0 Å². The zero-order chi connectivity index (χ0) is 9.97. The highest BCUT2D eigenvalue weighted by Crippen LogP contribution is 2.26. The minimum Gasteiger partial charge on any atom is -0.375 e. The molecule has 0 fully saturated rings. The summed E-state index contributed by atoms with van der Waals surface area (Å²) in [4.78, 5) is 15.4. The van der Waals surface area contributed by atoms with Gasteiger partial charge in [-0.1, -0.05) is 35.6 Å². The van der Waals surface area contributed by atoms with Crippen molar-refractivity contribution in [1.29, 1.82) is 0 Å². The van der Waals surface area contributed by atoms with Crippen molar-refractivity contribution < 1.29 is 4.79 Å². The molecule has 0 atom stereocenters. The lowest BCUT2D eigenvalue weighted by Crippen LogP contribution is -1.78. The first kappa shape index (κ1) is 8.90. The van der Waals surface area contributed by atoms with Crippen LogP contribution in [-0.2, 0) is 0 Å². The second-order valence-corrected chi connectivity index (χ2v) is 3.86. The average Bonchev–Trinajstić information content (AvgIpc) is 2.65. The first-order chi connectivity index (χ1) is 6.79. The fourth-order valence-electron chi connectivity index (χ4n) is 1.15. The van der Waals surface area contributed by atoms with E-state index in [0.717, 1.165) is 16.7 Å². The van der Waals surface area contributed by atoms with Crippen LogP contribution < -0.4 is 5.73 Å². The number of nitrogens with two attached hydrogens (primary N) is 1. The fourth-order valence-corrected chi connectivity index (χ4v) is 1.84. The monoisotopic (exact) mass is 204 g/mol. The molecule has 4 heteroatoms. The quantitative estimate of drug-likeness (QED) is 0.763. The minimum atomic E-state index is 0.555. The van der Waals surface area contributed by atoms with E-state index in [9.17, 15) is 4.79 Å². The van der Waals surface area contributed by atoms with Crippen LogP contribution in [0.3, 0.4) is 0 Å². The molecule has 0 radical (unpaired) electrons. The summed E-state index contributed by atoms with van der Waals surface area (Å²) in [5.74, 6) is 0. The van der Waals surface area contributed by atoms with Crippen LogP contribution >= 0.6 is 11.3 Å². The number of carbonyl (C=O) groups excluding carboxylic acids is 1. The zero-order valence-corrected chi connectivity index (χ0v) is 8.12. The number of carbonyl (C=O) groups is 1. The van der Waals surface area contributed by atoms with Gasteiger partial charge in [0.2, 0.25) is 0 Å². The van der Waals surface area contributed by atoms with Crippen LogP contribution in [0.15, 0.2) is 30.5 Å². The summed E-state index contributed by atoms with van der Waals surface area (Å²) in [5.41, 5.74) is 7.23. The molecule has 0 saturated carbocycles. The van der Waals surface area contributed by atoms with E-state index in [2.05, 4.69) is 4.98 Å². The number of rotatable bonds is 2. The van der Waals surface area contributed by atoms with Crippen molar-refractivity contribution in [1.82, 2.24) is 4.98 Å². The molecule has 0 amide bonds. The normalized spacial score (nSPS) is 10.0. The van der Waals surface area contributed by atoms with Crippen LogP contribution in [0.25, 0.3) is 10.4 Å². The van der Waals surface area contributed by atoms with E-state index in [1.165, 1.54) is 11.3 Å². The Kier molecular flexibility index (Phi) is 2.28. The van der Waals surface area contributed by atoms with E-state index < -0.39 is 0 Å². The number of hydrogen-bond acceptors (Lipinski definition) is 4. The molecule has 0 unspecified atom stereocenters. The Morgan fingerprint density at radius 3 is 2.50 bits per heavy atom. The van der Waals surface area contributed by atoms with Gasteiger partial charge in [0.05, 0.1) is 4.88 Å².